The van der Waals surface area contributed by atoms with E-state index in [4.69, 9.17) is 25.8 Å². The van der Waals surface area contributed by atoms with Crippen LogP contribution in [0, 0.1) is 24.7 Å². The van der Waals surface area contributed by atoms with Crippen LogP contribution >= 0.6 is 11.6 Å². The van der Waals surface area contributed by atoms with Gasteiger partial charge in [-0.2, -0.15) is 0 Å². The fourth-order valence-corrected chi connectivity index (χ4v) is 8.83. The molecule has 53 heavy (non-hydrogen) atoms. The average Bonchev–Trinajstić information content (AvgIpc) is 3.78. The van der Waals surface area contributed by atoms with E-state index in [1.807, 2.05) is 45.0 Å². The number of rotatable bonds is 18. The lowest BCUT2D eigenvalue weighted by atomic mass is 9.70. The Kier molecular flexibility index (Phi) is 13.2. The van der Waals surface area contributed by atoms with E-state index in [9.17, 15) is 19.5 Å². The molecule has 0 aromatic heterocycles. The smallest absolute Gasteiger partial charge is 0.313 e. The third-order valence-electron chi connectivity index (χ3n) is 10.6. The van der Waals surface area contributed by atoms with Crippen LogP contribution in [0.1, 0.15) is 63.2 Å². The molecule has 3 aliphatic rings. The molecular formula is C41H52ClN3O8. The topological polar surface area (TPSA) is 135 Å². The third kappa shape index (κ3) is 7.94. The SMILES string of the molecule is C=CCCC(=O)N[C@H](COC)[C@H](OC(=O)[C@@H]1[C@H]2C(=O)N([C@@H](CO)CC(C)C)[C@H](C(=O)N(CC=C)c3c(C)cccc3Cl)[C@]23CC[C@H]1O3)c1ccccc1. The van der Waals surface area contributed by atoms with Crippen molar-refractivity contribution in [3.05, 3.63) is 90.0 Å². The van der Waals surface area contributed by atoms with E-state index >= 15 is 4.79 Å². The predicted molar refractivity (Wildman–Crippen MR) is 202 cm³/mol. The van der Waals surface area contributed by atoms with E-state index in [2.05, 4.69) is 18.5 Å². The average molecular weight is 750 g/mol. The van der Waals surface area contributed by atoms with Crippen molar-refractivity contribution < 1.29 is 38.5 Å². The molecule has 0 radical (unpaired) electrons. The van der Waals surface area contributed by atoms with Gasteiger partial charge >= 0.3 is 5.97 Å². The summed E-state index contributed by atoms with van der Waals surface area (Å²) in [6.07, 6.45) is 3.43. The number of ether oxygens (including phenoxy) is 3. The van der Waals surface area contributed by atoms with Crippen LogP contribution in [-0.2, 0) is 33.4 Å². The number of para-hydroxylation sites is 1. The maximum atomic E-state index is 15.1. The normalized spacial score (nSPS) is 24.7. The Hall–Kier alpha value is -4.03. The number of benzene rings is 2. The van der Waals surface area contributed by atoms with Gasteiger partial charge in [0.25, 0.3) is 5.91 Å². The largest absolute Gasteiger partial charge is 0.455 e. The second-order valence-corrected chi connectivity index (χ2v) is 15.0. The third-order valence-corrected chi connectivity index (χ3v) is 10.9. The Bertz CT molecular complexity index is 1650. The monoisotopic (exact) mass is 749 g/mol. The summed E-state index contributed by atoms with van der Waals surface area (Å²) in [4.78, 5) is 60.5. The van der Waals surface area contributed by atoms with Crippen molar-refractivity contribution in [2.24, 2.45) is 17.8 Å². The number of aryl methyl sites for hydroxylation is 1. The molecule has 0 unspecified atom stereocenters. The van der Waals surface area contributed by atoms with Gasteiger partial charge < -0.3 is 34.4 Å². The number of aliphatic hydroxyl groups is 1. The molecule has 11 nitrogen and oxygen atoms in total. The van der Waals surface area contributed by atoms with Crippen molar-refractivity contribution in [2.75, 3.05) is 31.8 Å². The number of nitrogens with zero attached hydrogens (tertiary/aromatic N) is 2. The van der Waals surface area contributed by atoms with Gasteiger partial charge in [-0.15, -0.1) is 13.2 Å². The zero-order valence-electron chi connectivity index (χ0n) is 31.0. The van der Waals surface area contributed by atoms with Crippen LogP contribution in [0.15, 0.2) is 73.8 Å². The number of likely N-dealkylation sites (tertiary alicyclic amines) is 1. The van der Waals surface area contributed by atoms with Crippen LogP contribution in [0.4, 0.5) is 5.69 Å². The number of methoxy groups -OCH3 is 1. The molecule has 2 N–H and O–H groups in total. The molecule has 8 atom stereocenters. The molecule has 3 heterocycles. The van der Waals surface area contributed by atoms with E-state index < -0.39 is 65.6 Å². The predicted octanol–water partition coefficient (Wildman–Crippen LogP) is 5.33. The maximum absolute atomic E-state index is 15.1. The molecule has 0 aliphatic carbocycles. The van der Waals surface area contributed by atoms with Gasteiger partial charge in [0.15, 0.2) is 0 Å². The number of allylic oxidation sites excluding steroid dienone is 1. The summed E-state index contributed by atoms with van der Waals surface area (Å²) < 4.78 is 18.5. The van der Waals surface area contributed by atoms with Crippen molar-refractivity contribution in [1.82, 2.24) is 10.2 Å². The quantitative estimate of drug-likeness (QED) is 0.154. The number of aliphatic hydroxyl groups excluding tert-OH is 1. The van der Waals surface area contributed by atoms with Crippen LogP contribution in [-0.4, -0.2) is 90.4 Å². The zero-order valence-corrected chi connectivity index (χ0v) is 31.8. The first-order valence-electron chi connectivity index (χ1n) is 18.4. The standard InChI is InChI=1S/C41H52ClN3O8/c1-7-9-18-32(47)43-30(24-51-6)36(27-15-11-10-12-16-27)52-40(50)33-31-19-20-41(53-31)34(33)38(48)45(28(23-46)22-25(3)4)37(41)39(49)44(21-8-2)35-26(5)14-13-17-29(35)42/h7-8,10-17,25,28,30-31,33-34,36-37,46H,1-2,9,18-24H2,3-6H3,(H,43,47)/t28-,30-,31-,33+,34+,36-,37-,41+/m1/s1. The summed E-state index contributed by atoms with van der Waals surface area (Å²) >= 11 is 6.71. The fourth-order valence-electron chi connectivity index (χ4n) is 8.51. The van der Waals surface area contributed by atoms with Gasteiger partial charge in [0, 0.05) is 20.1 Å². The molecule has 2 aromatic carbocycles. The summed E-state index contributed by atoms with van der Waals surface area (Å²) in [7, 11) is 1.50. The molecule has 286 valence electrons. The highest BCUT2D eigenvalue weighted by Crippen LogP contribution is 2.60. The van der Waals surface area contributed by atoms with Crippen LogP contribution in [0.25, 0.3) is 0 Å². The lowest BCUT2D eigenvalue weighted by Crippen LogP contribution is -2.59. The molecule has 3 aliphatic heterocycles. The van der Waals surface area contributed by atoms with E-state index in [0.717, 1.165) is 5.56 Å². The number of carbonyl (C=O) groups excluding carboxylic acids is 4. The molecule has 3 amide bonds. The molecule has 1 spiro atoms. The Balaban J connectivity index is 1.56. The van der Waals surface area contributed by atoms with Crippen LogP contribution < -0.4 is 10.2 Å². The minimum Gasteiger partial charge on any atom is -0.455 e. The van der Waals surface area contributed by atoms with Gasteiger partial charge in [0.1, 0.15) is 17.7 Å². The van der Waals surface area contributed by atoms with Crippen LogP contribution in [0.2, 0.25) is 5.02 Å². The molecule has 0 saturated carbocycles. The van der Waals surface area contributed by atoms with Gasteiger partial charge in [-0.25, -0.2) is 0 Å². The molecule has 3 saturated heterocycles. The lowest BCUT2D eigenvalue weighted by Gasteiger charge is -2.40. The Morgan fingerprint density at radius 3 is 2.51 bits per heavy atom. The minimum absolute atomic E-state index is 0.0436. The number of hydrogen-bond acceptors (Lipinski definition) is 8. The highest BCUT2D eigenvalue weighted by atomic mass is 35.5. The molecular weight excluding hydrogens is 698 g/mol. The molecule has 5 rings (SSSR count). The van der Waals surface area contributed by atoms with Crippen molar-refractivity contribution >= 4 is 41.0 Å². The van der Waals surface area contributed by atoms with E-state index in [-0.39, 0.29) is 38.0 Å². The number of anilines is 1. The van der Waals surface area contributed by atoms with Crippen molar-refractivity contribution in [2.45, 2.75) is 88.8 Å². The van der Waals surface area contributed by atoms with E-state index in [1.165, 1.54) is 16.9 Å². The van der Waals surface area contributed by atoms with E-state index in [1.54, 1.807) is 36.4 Å². The first-order chi connectivity index (χ1) is 25.4. The number of halogens is 1. The number of esters is 1. The minimum atomic E-state index is -1.37. The molecule has 12 heteroatoms. The van der Waals surface area contributed by atoms with Crippen molar-refractivity contribution in [3.63, 3.8) is 0 Å². The lowest BCUT2D eigenvalue weighted by molar-refractivity contribution is -0.163. The van der Waals surface area contributed by atoms with Gasteiger partial charge in [-0.1, -0.05) is 80.1 Å². The maximum Gasteiger partial charge on any atom is 0.313 e. The number of nitrogens with one attached hydrogen (secondary N) is 1. The van der Waals surface area contributed by atoms with Gasteiger partial charge in [-0.3, -0.25) is 19.2 Å². The summed E-state index contributed by atoms with van der Waals surface area (Å²) in [6, 6.07) is 11.8. The van der Waals surface area contributed by atoms with E-state index in [0.29, 0.717) is 42.0 Å². The molecule has 3 fully saturated rings. The second kappa shape index (κ2) is 17.4. The highest BCUT2D eigenvalue weighted by molar-refractivity contribution is 6.34. The van der Waals surface area contributed by atoms with Crippen molar-refractivity contribution in [3.8, 4) is 0 Å². The summed E-state index contributed by atoms with van der Waals surface area (Å²) in [5.74, 6) is -3.83. The zero-order chi connectivity index (χ0) is 38.4. The fraction of sp³-hybridized carbons (Fsp3) is 0.512. The number of hydrogen-bond donors (Lipinski definition) is 2. The van der Waals surface area contributed by atoms with Crippen molar-refractivity contribution in [1.29, 1.82) is 0 Å². The molecule has 2 bridgehead atoms. The van der Waals surface area contributed by atoms with Crippen LogP contribution in [0.3, 0.4) is 0 Å². The summed E-state index contributed by atoms with van der Waals surface area (Å²) in [5, 5.41) is 14.1. The number of carbonyl (C=O) groups is 4. The summed E-state index contributed by atoms with van der Waals surface area (Å²) in [6.45, 7) is 13.2. The molecule has 2 aromatic rings. The number of fused-ring (bicyclic) bond motifs is 1. The van der Waals surface area contributed by atoms with Gasteiger partial charge in [0.05, 0.1) is 53.9 Å². The van der Waals surface area contributed by atoms with Gasteiger partial charge in [-0.05, 0) is 55.7 Å². The van der Waals surface area contributed by atoms with Gasteiger partial charge in [0.2, 0.25) is 11.8 Å². The van der Waals surface area contributed by atoms with Crippen LogP contribution in [0.5, 0.6) is 0 Å². The number of amides is 3. The first kappa shape index (κ1) is 40.2. The Labute approximate surface area is 317 Å². The Morgan fingerprint density at radius 1 is 1.15 bits per heavy atom. The summed E-state index contributed by atoms with van der Waals surface area (Å²) in [5.41, 5.74) is 0.509. The highest BCUT2D eigenvalue weighted by Gasteiger charge is 2.76. The first-order valence-corrected chi connectivity index (χ1v) is 18.7. The Morgan fingerprint density at radius 2 is 1.89 bits per heavy atom. The second-order valence-electron chi connectivity index (χ2n) is 14.6.